The van der Waals surface area contributed by atoms with Crippen LogP contribution in [0.15, 0.2) is 9.64 Å². The predicted octanol–water partition coefficient (Wildman–Crippen LogP) is 0.964. The standard InChI is InChI=1S/C9H15N3O3S/c1-2-3-4-14-8(13)6-16-9-12-11-7(5-10)15-9/h2-6,10H2,1H3. The number of aromatic nitrogens is 2. The minimum absolute atomic E-state index is 0.177. The first kappa shape index (κ1) is 13.0. The molecule has 1 aromatic rings. The maximum atomic E-state index is 11.2. The lowest BCUT2D eigenvalue weighted by Gasteiger charge is -2.01. The summed E-state index contributed by atoms with van der Waals surface area (Å²) in [5.41, 5.74) is 5.30. The molecule has 0 bridgehead atoms. The summed E-state index contributed by atoms with van der Waals surface area (Å²) < 4.78 is 10.1. The first-order valence-corrected chi connectivity index (χ1v) is 6.05. The summed E-state index contributed by atoms with van der Waals surface area (Å²) in [5.74, 6) is 0.267. The van der Waals surface area contributed by atoms with E-state index in [1.807, 2.05) is 6.92 Å². The minimum Gasteiger partial charge on any atom is -0.465 e. The summed E-state index contributed by atoms with van der Waals surface area (Å²) in [5, 5.41) is 7.73. The number of carbonyl (C=O) groups is 1. The fourth-order valence-electron chi connectivity index (χ4n) is 0.872. The first-order valence-electron chi connectivity index (χ1n) is 5.07. The Morgan fingerprint density at radius 2 is 2.38 bits per heavy atom. The Morgan fingerprint density at radius 3 is 3.00 bits per heavy atom. The van der Waals surface area contributed by atoms with E-state index in [2.05, 4.69) is 10.2 Å². The molecule has 0 fully saturated rings. The van der Waals surface area contributed by atoms with Crippen LogP contribution in [0, 0.1) is 0 Å². The van der Waals surface area contributed by atoms with Crippen LogP contribution < -0.4 is 5.73 Å². The first-order chi connectivity index (χ1) is 7.76. The Balaban J connectivity index is 2.20. The number of ether oxygens (including phenoxy) is 1. The van der Waals surface area contributed by atoms with Gasteiger partial charge < -0.3 is 14.9 Å². The molecule has 1 rings (SSSR count). The summed E-state index contributed by atoms with van der Waals surface area (Å²) in [4.78, 5) is 11.2. The van der Waals surface area contributed by atoms with Crippen molar-refractivity contribution in [1.29, 1.82) is 0 Å². The molecule has 0 saturated heterocycles. The number of nitrogens with two attached hydrogens (primary N) is 1. The predicted molar refractivity (Wildman–Crippen MR) is 58.8 cm³/mol. The molecule has 90 valence electrons. The van der Waals surface area contributed by atoms with Gasteiger partial charge in [0.2, 0.25) is 5.89 Å². The van der Waals surface area contributed by atoms with Crippen LogP contribution in [0.3, 0.4) is 0 Å². The maximum absolute atomic E-state index is 11.2. The van der Waals surface area contributed by atoms with Crippen LogP contribution in [0.4, 0.5) is 0 Å². The number of carbonyl (C=O) groups excluding carboxylic acids is 1. The fourth-order valence-corrected chi connectivity index (χ4v) is 1.45. The molecule has 0 saturated carbocycles. The summed E-state index contributed by atoms with van der Waals surface area (Å²) >= 11 is 1.15. The molecule has 0 radical (unpaired) electrons. The van der Waals surface area contributed by atoms with E-state index in [1.54, 1.807) is 0 Å². The molecule has 0 atom stereocenters. The molecule has 1 aromatic heterocycles. The quantitative estimate of drug-likeness (QED) is 0.434. The van der Waals surface area contributed by atoms with Gasteiger partial charge in [-0.2, -0.15) is 0 Å². The van der Waals surface area contributed by atoms with Crippen molar-refractivity contribution in [3.8, 4) is 0 Å². The SMILES string of the molecule is CCCCOC(=O)CSc1nnc(CN)o1. The largest absolute Gasteiger partial charge is 0.465 e. The zero-order chi connectivity index (χ0) is 11.8. The fraction of sp³-hybridized carbons (Fsp3) is 0.667. The average Bonchev–Trinajstić information content (AvgIpc) is 2.74. The highest BCUT2D eigenvalue weighted by atomic mass is 32.2. The molecule has 0 aliphatic heterocycles. The molecular formula is C9H15N3O3S. The second-order valence-electron chi connectivity index (χ2n) is 3.03. The van der Waals surface area contributed by atoms with E-state index < -0.39 is 0 Å². The molecule has 0 aliphatic carbocycles. The monoisotopic (exact) mass is 245 g/mol. The van der Waals surface area contributed by atoms with Crippen LogP contribution >= 0.6 is 11.8 Å². The molecule has 6 nitrogen and oxygen atoms in total. The van der Waals surface area contributed by atoms with E-state index in [4.69, 9.17) is 14.9 Å². The second kappa shape index (κ2) is 7.24. The number of hydrogen-bond acceptors (Lipinski definition) is 7. The zero-order valence-corrected chi connectivity index (χ0v) is 9.96. The van der Waals surface area contributed by atoms with E-state index in [0.717, 1.165) is 24.6 Å². The van der Waals surface area contributed by atoms with Crippen molar-refractivity contribution < 1.29 is 13.9 Å². The summed E-state index contributed by atoms with van der Waals surface area (Å²) in [6, 6.07) is 0. The minimum atomic E-state index is -0.272. The van der Waals surface area contributed by atoms with E-state index in [9.17, 15) is 4.79 Å². The molecule has 1 heterocycles. The molecule has 0 unspecified atom stereocenters. The molecule has 0 aliphatic rings. The van der Waals surface area contributed by atoms with Crippen molar-refractivity contribution in [2.24, 2.45) is 5.73 Å². The van der Waals surface area contributed by atoms with Gasteiger partial charge in [-0.05, 0) is 6.42 Å². The van der Waals surface area contributed by atoms with Gasteiger partial charge in [-0.25, -0.2) is 0 Å². The van der Waals surface area contributed by atoms with Crippen molar-refractivity contribution in [2.75, 3.05) is 12.4 Å². The van der Waals surface area contributed by atoms with Gasteiger partial charge >= 0.3 is 5.97 Å². The molecule has 0 amide bonds. The highest BCUT2D eigenvalue weighted by Crippen LogP contribution is 2.15. The molecule has 16 heavy (non-hydrogen) atoms. The van der Waals surface area contributed by atoms with E-state index in [1.165, 1.54) is 0 Å². The molecule has 7 heteroatoms. The molecule has 0 spiro atoms. The van der Waals surface area contributed by atoms with Crippen LogP contribution in [0.25, 0.3) is 0 Å². The van der Waals surface area contributed by atoms with E-state index in [-0.39, 0.29) is 18.3 Å². The van der Waals surface area contributed by atoms with Crippen molar-refractivity contribution >= 4 is 17.7 Å². The van der Waals surface area contributed by atoms with Crippen molar-refractivity contribution in [3.63, 3.8) is 0 Å². The number of nitrogens with zero attached hydrogens (tertiary/aromatic N) is 2. The number of esters is 1. The summed E-state index contributed by atoms with van der Waals surface area (Å²) in [7, 11) is 0. The topological polar surface area (TPSA) is 91.2 Å². The van der Waals surface area contributed by atoms with Gasteiger partial charge in [-0.15, -0.1) is 10.2 Å². The Labute approximate surface area is 97.9 Å². The molecule has 0 aromatic carbocycles. The van der Waals surface area contributed by atoms with Crippen LogP contribution in [-0.4, -0.2) is 28.5 Å². The number of thioether (sulfide) groups is 1. The third-order valence-corrected chi connectivity index (χ3v) is 2.49. The second-order valence-corrected chi connectivity index (χ2v) is 3.96. The maximum Gasteiger partial charge on any atom is 0.316 e. The van der Waals surface area contributed by atoms with Gasteiger partial charge in [0.05, 0.1) is 13.2 Å². The van der Waals surface area contributed by atoms with Gasteiger partial charge in [0.1, 0.15) is 5.75 Å². The summed E-state index contributed by atoms with van der Waals surface area (Å²) in [6.07, 6.45) is 1.89. The number of hydrogen-bond donors (Lipinski definition) is 1. The van der Waals surface area contributed by atoms with Gasteiger partial charge in [-0.3, -0.25) is 4.79 Å². The third-order valence-electron chi connectivity index (χ3n) is 1.70. The molecule has 2 N–H and O–H groups in total. The highest BCUT2D eigenvalue weighted by molar-refractivity contribution is 7.99. The van der Waals surface area contributed by atoms with E-state index in [0.29, 0.717) is 17.7 Å². The summed E-state index contributed by atoms with van der Waals surface area (Å²) in [6.45, 7) is 2.71. The van der Waals surface area contributed by atoms with Crippen molar-refractivity contribution in [3.05, 3.63) is 5.89 Å². The van der Waals surface area contributed by atoms with Gasteiger partial charge in [0.15, 0.2) is 0 Å². The normalized spacial score (nSPS) is 10.4. The van der Waals surface area contributed by atoms with Gasteiger partial charge in [-0.1, -0.05) is 25.1 Å². The smallest absolute Gasteiger partial charge is 0.316 e. The van der Waals surface area contributed by atoms with Crippen LogP contribution in [0.5, 0.6) is 0 Å². The average molecular weight is 245 g/mol. The third kappa shape index (κ3) is 4.63. The van der Waals surface area contributed by atoms with Crippen LogP contribution in [-0.2, 0) is 16.1 Å². The Hall–Kier alpha value is -1.08. The number of unbranched alkanes of at least 4 members (excludes halogenated alkanes) is 1. The van der Waals surface area contributed by atoms with Gasteiger partial charge in [0, 0.05) is 0 Å². The number of rotatable bonds is 7. The lowest BCUT2D eigenvalue weighted by Crippen LogP contribution is -2.08. The van der Waals surface area contributed by atoms with Crippen molar-refractivity contribution in [2.45, 2.75) is 31.5 Å². The van der Waals surface area contributed by atoms with Crippen LogP contribution in [0.1, 0.15) is 25.7 Å². The van der Waals surface area contributed by atoms with E-state index >= 15 is 0 Å². The van der Waals surface area contributed by atoms with Gasteiger partial charge in [0.25, 0.3) is 5.22 Å². The Kier molecular flexibility index (Phi) is 5.87. The lowest BCUT2D eigenvalue weighted by atomic mass is 10.4. The zero-order valence-electron chi connectivity index (χ0n) is 9.14. The van der Waals surface area contributed by atoms with Crippen LogP contribution in [0.2, 0.25) is 0 Å². The highest BCUT2D eigenvalue weighted by Gasteiger charge is 2.09. The Bertz CT molecular complexity index is 330. The molecular weight excluding hydrogens is 230 g/mol. The van der Waals surface area contributed by atoms with Crippen molar-refractivity contribution in [1.82, 2.24) is 10.2 Å². The lowest BCUT2D eigenvalue weighted by molar-refractivity contribution is -0.140. The Morgan fingerprint density at radius 1 is 1.56 bits per heavy atom.